The third-order valence-electron chi connectivity index (χ3n) is 4.43. The van der Waals surface area contributed by atoms with Crippen molar-refractivity contribution in [1.82, 2.24) is 0 Å². The predicted octanol–water partition coefficient (Wildman–Crippen LogP) is 5.45. The summed E-state index contributed by atoms with van der Waals surface area (Å²) in [4.78, 5) is 12.7. The van der Waals surface area contributed by atoms with Crippen molar-refractivity contribution in [3.63, 3.8) is 0 Å². The van der Waals surface area contributed by atoms with Gasteiger partial charge in [-0.25, -0.2) is 8.78 Å². The van der Waals surface area contributed by atoms with Crippen molar-refractivity contribution in [2.75, 3.05) is 7.11 Å². The molecule has 0 radical (unpaired) electrons. The van der Waals surface area contributed by atoms with Crippen LogP contribution in [0.25, 0.3) is 11.0 Å². The minimum Gasteiger partial charge on any atom is -0.497 e. The summed E-state index contributed by atoms with van der Waals surface area (Å²) in [7, 11) is 1.53. The van der Waals surface area contributed by atoms with Crippen LogP contribution in [0, 0.1) is 11.6 Å². The van der Waals surface area contributed by atoms with Crippen molar-refractivity contribution in [3.8, 4) is 23.0 Å². The maximum absolute atomic E-state index is 13.7. The largest absolute Gasteiger partial charge is 0.497 e. The molecule has 3 aromatic carbocycles. The summed E-state index contributed by atoms with van der Waals surface area (Å²) >= 11 is 0. The first kappa shape index (κ1) is 19.4. The molecule has 0 aliphatic rings. The number of rotatable bonds is 6. The summed E-state index contributed by atoms with van der Waals surface area (Å²) in [5.41, 5.74) is -0.295. The Kier molecular flexibility index (Phi) is 5.34. The first-order valence-electron chi connectivity index (χ1n) is 8.98. The zero-order valence-corrected chi connectivity index (χ0v) is 15.9. The van der Waals surface area contributed by atoms with Crippen molar-refractivity contribution in [3.05, 3.63) is 94.3 Å². The topological polar surface area (TPSA) is 57.9 Å². The number of halogens is 2. The van der Waals surface area contributed by atoms with Crippen LogP contribution >= 0.6 is 0 Å². The van der Waals surface area contributed by atoms with E-state index in [1.807, 2.05) is 0 Å². The van der Waals surface area contributed by atoms with Gasteiger partial charge in [0.2, 0.25) is 11.2 Å². The van der Waals surface area contributed by atoms with Crippen LogP contribution in [0.15, 0.2) is 76.1 Å². The molecule has 4 aromatic rings. The highest BCUT2D eigenvalue weighted by Gasteiger charge is 2.12. The van der Waals surface area contributed by atoms with Gasteiger partial charge in [0.1, 0.15) is 47.3 Å². The van der Waals surface area contributed by atoms with Crippen molar-refractivity contribution in [2.24, 2.45) is 0 Å². The minimum atomic E-state index is -0.693. The molecule has 1 aromatic heterocycles. The molecule has 5 nitrogen and oxygen atoms in total. The maximum Gasteiger partial charge on any atom is 0.235 e. The van der Waals surface area contributed by atoms with E-state index in [0.29, 0.717) is 17.2 Å². The fraction of sp³-hybridized carbons (Fsp3) is 0.0870. The monoisotopic (exact) mass is 410 g/mol. The van der Waals surface area contributed by atoms with Crippen LogP contribution in [0.2, 0.25) is 0 Å². The summed E-state index contributed by atoms with van der Waals surface area (Å²) in [6.07, 6.45) is 1.20. The van der Waals surface area contributed by atoms with E-state index in [0.717, 1.165) is 12.1 Å². The molecule has 152 valence electrons. The van der Waals surface area contributed by atoms with E-state index in [1.54, 1.807) is 24.3 Å². The average molecular weight is 410 g/mol. The van der Waals surface area contributed by atoms with Crippen LogP contribution in [0.5, 0.6) is 23.0 Å². The zero-order chi connectivity index (χ0) is 21.1. The summed E-state index contributed by atoms with van der Waals surface area (Å²) in [6.45, 7) is -0.300. The number of ether oxygens (including phenoxy) is 3. The molecule has 0 atom stereocenters. The van der Waals surface area contributed by atoms with Gasteiger partial charge in [0.15, 0.2) is 0 Å². The Morgan fingerprint density at radius 2 is 1.63 bits per heavy atom. The molecule has 0 spiro atoms. The smallest absolute Gasteiger partial charge is 0.235 e. The second-order valence-electron chi connectivity index (χ2n) is 6.36. The Morgan fingerprint density at radius 3 is 2.40 bits per heavy atom. The van der Waals surface area contributed by atoms with E-state index < -0.39 is 11.6 Å². The van der Waals surface area contributed by atoms with E-state index in [4.69, 9.17) is 18.6 Å². The molecular weight excluding hydrogens is 394 g/mol. The highest BCUT2D eigenvalue weighted by Crippen LogP contribution is 2.26. The second kappa shape index (κ2) is 8.24. The molecule has 0 fully saturated rings. The number of hydrogen-bond donors (Lipinski definition) is 0. The molecule has 0 aliphatic heterocycles. The van der Waals surface area contributed by atoms with Crippen molar-refractivity contribution >= 4 is 11.0 Å². The van der Waals surface area contributed by atoms with Crippen molar-refractivity contribution in [2.45, 2.75) is 6.61 Å². The molecule has 1 heterocycles. The van der Waals surface area contributed by atoms with E-state index >= 15 is 0 Å². The Labute approximate surface area is 170 Å². The molecule has 0 amide bonds. The lowest BCUT2D eigenvalue weighted by atomic mass is 10.2. The Balaban J connectivity index is 1.57. The van der Waals surface area contributed by atoms with Crippen LogP contribution in [-0.4, -0.2) is 7.11 Å². The van der Waals surface area contributed by atoms with Crippen LogP contribution in [0.3, 0.4) is 0 Å². The van der Waals surface area contributed by atoms with E-state index in [1.165, 1.54) is 37.6 Å². The number of methoxy groups -OCH3 is 1. The van der Waals surface area contributed by atoms with Gasteiger partial charge in [-0.2, -0.15) is 0 Å². The molecule has 0 saturated carbocycles. The average Bonchev–Trinajstić information content (AvgIpc) is 2.75. The van der Waals surface area contributed by atoms with Crippen LogP contribution in [0.4, 0.5) is 8.78 Å². The van der Waals surface area contributed by atoms with Gasteiger partial charge in [-0.05, 0) is 36.4 Å². The van der Waals surface area contributed by atoms with Gasteiger partial charge in [0.05, 0.1) is 18.1 Å². The second-order valence-corrected chi connectivity index (χ2v) is 6.36. The van der Waals surface area contributed by atoms with Crippen molar-refractivity contribution in [1.29, 1.82) is 0 Å². The standard InChI is InChI=1S/C23H16F2O5/c1-27-14-4-2-5-16(10-14)30-22-13-29-21-11-15(8-9-17(21)23(22)26)28-12-18-19(24)6-3-7-20(18)25/h2-11,13H,12H2,1H3. The molecule has 0 aliphatic carbocycles. The number of benzene rings is 3. The summed E-state index contributed by atoms with van der Waals surface area (Å²) < 4.78 is 49.2. The SMILES string of the molecule is COc1cccc(Oc2coc3cc(OCc4c(F)cccc4F)ccc3c2=O)c1. The van der Waals surface area contributed by atoms with Gasteiger partial charge >= 0.3 is 0 Å². The lowest BCUT2D eigenvalue weighted by molar-refractivity contribution is 0.292. The summed E-state index contributed by atoms with van der Waals surface area (Å²) in [5, 5.41) is 0.278. The maximum atomic E-state index is 13.7. The molecule has 30 heavy (non-hydrogen) atoms. The first-order chi connectivity index (χ1) is 14.5. The zero-order valence-electron chi connectivity index (χ0n) is 15.9. The lowest BCUT2D eigenvalue weighted by Gasteiger charge is -2.09. The third-order valence-corrected chi connectivity index (χ3v) is 4.43. The highest BCUT2D eigenvalue weighted by molar-refractivity contribution is 5.79. The van der Waals surface area contributed by atoms with E-state index in [9.17, 15) is 13.6 Å². The molecular formula is C23H16F2O5. The predicted molar refractivity (Wildman–Crippen MR) is 106 cm³/mol. The third kappa shape index (κ3) is 3.96. The fourth-order valence-electron chi connectivity index (χ4n) is 2.87. The first-order valence-corrected chi connectivity index (χ1v) is 8.98. The summed E-state index contributed by atoms with van der Waals surface area (Å²) in [6, 6.07) is 14.9. The van der Waals surface area contributed by atoms with Gasteiger partial charge in [0, 0.05) is 12.1 Å². The quantitative estimate of drug-likeness (QED) is 0.423. The van der Waals surface area contributed by atoms with E-state index in [-0.39, 0.29) is 34.3 Å². The Bertz CT molecular complexity index is 1250. The van der Waals surface area contributed by atoms with E-state index in [2.05, 4.69) is 0 Å². The lowest BCUT2D eigenvalue weighted by Crippen LogP contribution is -2.05. The van der Waals surface area contributed by atoms with Gasteiger partial charge < -0.3 is 18.6 Å². The molecule has 0 unspecified atom stereocenters. The normalized spacial score (nSPS) is 10.8. The molecule has 4 rings (SSSR count). The minimum absolute atomic E-state index is 0.0119. The van der Waals surface area contributed by atoms with Crippen LogP contribution < -0.4 is 19.6 Å². The van der Waals surface area contributed by atoms with Gasteiger partial charge in [-0.15, -0.1) is 0 Å². The van der Waals surface area contributed by atoms with Gasteiger partial charge in [-0.1, -0.05) is 12.1 Å². The van der Waals surface area contributed by atoms with Crippen LogP contribution in [0.1, 0.15) is 5.56 Å². The van der Waals surface area contributed by atoms with Crippen LogP contribution in [-0.2, 0) is 6.61 Å². The summed E-state index contributed by atoms with van der Waals surface area (Å²) in [5.74, 6) is -0.0606. The Morgan fingerprint density at radius 1 is 0.900 bits per heavy atom. The molecule has 0 N–H and O–H groups in total. The fourth-order valence-corrected chi connectivity index (χ4v) is 2.87. The highest BCUT2D eigenvalue weighted by atomic mass is 19.1. The number of fused-ring (bicyclic) bond motifs is 1. The van der Waals surface area contributed by atoms with Crippen molar-refractivity contribution < 1.29 is 27.4 Å². The molecule has 0 saturated heterocycles. The molecule has 7 heteroatoms. The number of hydrogen-bond acceptors (Lipinski definition) is 5. The Hall–Kier alpha value is -3.87. The van der Waals surface area contributed by atoms with Gasteiger partial charge in [0.25, 0.3) is 0 Å². The van der Waals surface area contributed by atoms with Gasteiger partial charge in [-0.3, -0.25) is 4.79 Å². The molecule has 0 bridgehead atoms.